The van der Waals surface area contributed by atoms with E-state index in [9.17, 15) is 13.6 Å². The number of carbonyl (C=O) groups excluding carboxylic acids is 1. The van der Waals surface area contributed by atoms with Gasteiger partial charge in [0.15, 0.2) is 0 Å². The topological polar surface area (TPSA) is 17.1 Å². The van der Waals surface area contributed by atoms with Crippen LogP contribution in [0.15, 0.2) is 0 Å². The summed E-state index contributed by atoms with van der Waals surface area (Å²) in [5, 5.41) is 0. The average molecular weight is 164 g/mol. The average Bonchev–Trinajstić information content (AvgIpc) is 1.83. The SMILES string of the molecule is CCC(=O)C(C)(C)C(C)(F)F. The molecule has 0 heterocycles. The second-order valence-corrected chi connectivity index (χ2v) is 3.29. The monoisotopic (exact) mass is 164 g/mol. The van der Waals surface area contributed by atoms with Gasteiger partial charge in [-0.05, 0) is 13.8 Å². The van der Waals surface area contributed by atoms with Crippen LogP contribution < -0.4 is 0 Å². The first-order valence-electron chi connectivity index (χ1n) is 3.64. The van der Waals surface area contributed by atoms with Gasteiger partial charge in [0.25, 0.3) is 5.92 Å². The predicted molar refractivity (Wildman–Crippen MR) is 39.7 cm³/mol. The maximum absolute atomic E-state index is 12.7. The first-order valence-corrected chi connectivity index (χ1v) is 3.64. The smallest absolute Gasteiger partial charge is 0.257 e. The Morgan fingerprint density at radius 2 is 1.64 bits per heavy atom. The molecule has 0 unspecified atom stereocenters. The Morgan fingerprint density at radius 1 is 1.27 bits per heavy atom. The van der Waals surface area contributed by atoms with E-state index in [2.05, 4.69) is 0 Å². The molecule has 1 nitrogen and oxygen atoms in total. The number of Topliss-reactive ketones (excluding diaryl/α,β-unsaturated/α-hetero) is 1. The molecule has 0 N–H and O–H groups in total. The summed E-state index contributed by atoms with van der Waals surface area (Å²) in [5.41, 5.74) is -1.53. The van der Waals surface area contributed by atoms with Crippen LogP contribution in [-0.4, -0.2) is 11.7 Å². The van der Waals surface area contributed by atoms with Crippen molar-refractivity contribution in [2.75, 3.05) is 0 Å². The molecule has 0 amide bonds. The normalized spacial score (nSPS) is 13.3. The molecular weight excluding hydrogens is 150 g/mol. The van der Waals surface area contributed by atoms with Crippen molar-refractivity contribution in [2.24, 2.45) is 5.41 Å². The van der Waals surface area contributed by atoms with Gasteiger partial charge in [-0.2, -0.15) is 0 Å². The molecular formula is C8H14F2O. The lowest BCUT2D eigenvalue weighted by Crippen LogP contribution is -2.40. The molecule has 0 aromatic rings. The van der Waals surface area contributed by atoms with Crippen molar-refractivity contribution in [3.8, 4) is 0 Å². The van der Waals surface area contributed by atoms with Gasteiger partial charge in [-0.3, -0.25) is 4.79 Å². The fraction of sp³-hybridized carbons (Fsp3) is 0.875. The zero-order chi connectivity index (χ0) is 9.28. The summed E-state index contributed by atoms with van der Waals surface area (Å²) < 4.78 is 25.4. The van der Waals surface area contributed by atoms with Gasteiger partial charge in [0.1, 0.15) is 5.78 Å². The summed E-state index contributed by atoms with van der Waals surface area (Å²) in [6.07, 6.45) is 0.163. The largest absolute Gasteiger partial charge is 0.299 e. The molecule has 11 heavy (non-hydrogen) atoms. The van der Waals surface area contributed by atoms with Crippen molar-refractivity contribution in [2.45, 2.75) is 40.0 Å². The van der Waals surface area contributed by atoms with Crippen molar-refractivity contribution < 1.29 is 13.6 Å². The van der Waals surface area contributed by atoms with E-state index in [1.807, 2.05) is 0 Å². The van der Waals surface area contributed by atoms with Crippen LogP contribution in [0.2, 0.25) is 0 Å². The lowest BCUT2D eigenvalue weighted by atomic mass is 9.81. The molecule has 0 rings (SSSR count). The van der Waals surface area contributed by atoms with E-state index in [0.717, 1.165) is 6.92 Å². The maximum atomic E-state index is 12.7. The Balaban J connectivity index is 4.59. The highest BCUT2D eigenvalue weighted by Crippen LogP contribution is 2.37. The van der Waals surface area contributed by atoms with Crippen LogP contribution in [0, 0.1) is 5.41 Å². The number of halogens is 2. The molecule has 0 bridgehead atoms. The zero-order valence-corrected chi connectivity index (χ0v) is 7.37. The first-order chi connectivity index (χ1) is 4.73. The minimum atomic E-state index is -2.93. The molecule has 0 atom stereocenters. The van der Waals surface area contributed by atoms with Gasteiger partial charge in [0.2, 0.25) is 0 Å². The minimum absolute atomic E-state index is 0.163. The van der Waals surface area contributed by atoms with Crippen LogP contribution in [0.25, 0.3) is 0 Å². The first kappa shape index (κ1) is 10.5. The molecule has 0 fully saturated rings. The van der Waals surface area contributed by atoms with E-state index in [1.165, 1.54) is 13.8 Å². The predicted octanol–water partition coefficient (Wildman–Crippen LogP) is 2.65. The zero-order valence-electron chi connectivity index (χ0n) is 7.37. The van der Waals surface area contributed by atoms with Crippen LogP contribution in [0.3, 0.4) is 0 Å². The molecule has 0 saturated heterocycles. The fourth-order valence-electron chi connectivity index (χ4n) is 0.687. The lowest BCUT2D eigenvalue weighted by molar-refractivity contribution is -0.148. The summed E-state index contributed by atoms with van der Waals surface area (Å²) in [6, 6.07) is 0. The molecule has 0 saturated carbocycles. The van der Waals surface area contributed by atoms with E-state index in [1.54, 1.807) is 6.92 Å². The van der Waals surface area contributed by atoms with Crippen LogP contribution >= 0.6 is 0 Å². The Labute approximate surface area is 65.8 Å². The highest BCUT2D eigenvalue weighted by Gasteiger charge is 2.46. The molecule has 0 aromatic heterocycles. The van der Waals surface area contributed by atoms with Crippen molar-refractivity contribution in [3.05, 3.63) is 0 Å². The standard InChI is InChI=1S/C8H14F2O/c1-5-6(11)7(2,3)8(4,9)10/h5H2,1-4H3. The number of carbonyl (C=O) groups is 1. The Morgan fingerprint density at radius 3 is 1.73 bits per heavy atom. The van der Waals surface area contributed by atoms with E-state index in [0.29, 0.717) is 0 Å². The molecule has 0 aliphatic carbocycles. The van der Waals surface area contributed by atoms with Gasteiger partial charge < -0.3 is 0 Å². The molecule has 3 heteroatoms. The Hall–Kier alpha value is -0.470. The Kier molecular flexibility index (Phi) is 2.75. The van der Waals surface area contributed by atoms with Crippen LogP contribution in [0.4, 0.5) is 8.78 Å². The highest BCUT2D eigenvalue weighted by atomic mass is 19.3. The van der Waals surface area contributed by atoms with Gasteiger partial charge in [0, 0.05) is 13.3 Å². The molecule has 66 valence electrons. The quantitative estimate of drug-likeness (QED) is 0.626. The number of alkyl halides is 2. The van der Waals surface area contributed by atoms with Crippen molar-refractivity contribution in [3.63, 3.8) is 0 Å². The summed E-state index contributed by atoms with van der Waals surface area (Å²) in [5.74, 6) is -3.33. The summed E-state index contributed by atoms with van der Waals surface area (Å²) in [4.78, 5) is 11.0. The second-order valence-electron chi connectivity index (χ2n) is 3.29. The van der Waals surface area contributed by atoms with Gasteiger partial charge >= 0.3 is 0 Å². The minimum Gasteiger partial charge on any atom is -0.299 e. The van der Waals surface area contributed by atoms with Crippen LogP contribution in [0.1, 0.15) is 34.1 Å². The van der Waals surface area contributed by atoms with Crippen LogP contribution in [-0.2, 0) is 4.79 Å². The van der Waals surface area contributed by atoms with Crippen molar-refractivity contribution in [1.82, 2.24) is 0 Å². The van der Waals surface area contributed by atoms with E-state index in [4.69, 9.17) is 0 Å². The molecule has 0 radical (unpaired) electrons. The second kappa shape index (κ2) is 2.88. The summed E-state index contributed by atoms with van der Waals surface area (Å²) >= 11 is 0. The number of hydrogen-bond acceptors (Lipinski definition) is 1. The van der Waals surface area contributed by atoms with Crippen LogP contribution in [0.5, 0.6) is 0 Å². The van der Waals surface area contributed by atoms with E-state index in [-0.39, 0.29) is 6.42 Å². The molecule has 0 aromatic carbocycles. The van der Waals surface area contributed by atoms with E-state index >= 15 is 0 Å². The summed E-state index contributed by atoms with van der Waals surface area (Å²) in [7, 11) is 0. The van der Waals surface area contributed by atoms with Crippen molar-refractivity contribution in [1.29, 1.82) is 0 Å². The summed E-state index contributed by atoms with van der Waals surface area (Å²) in [6.45, 7) is 4.92. The molecule has 0 aliphatic rings. The van der Waals surface area contributed by atoms with Crippen molar-refractivity contribution >= 4 is 5.78 Å². The third-order valence-corrected chi connectivity index (χ3v) is 2.12. The van der Waals surface area contributed by atoms with Gasteiger partial charge in [-0.1, -0.05) is 6.92 Å². The van der Waals surface area contributed by atoms with E-state index < -0.39 is 17.1 Å². The Bertz CT molecular complexity index is 156. The maximum Gasteiger partial charge on any atom is 0.257 e. The highest BCUT2D eigenvalue weighted by molar-refractivity contribution is 5.84. The van der Waals surface area contributed by atoms with Gasteiger partial charge in [0.05, 0.1) is 5.41 Å². The van der Waals surface area contributed by atoms with Gasteiger partial charge in [-0.15, -0.1) is 0 Å². The number of rotatable bonds is 3. The molecule has 0 aliphatic heterocycles. The number of hydrogen-bond donors (Lipinski definition) is 0. The number of ketones is 1. The van der Waals surface area contributed by atoms with Gasteiger partial charge in [-0.25, -0.2) is 8.78 Å². The molecule has 0 spiro atoms. The third-order valence-electron chi connectivity index (χ3n) is 2.12. The third kappa shape index (κ3) is 1.98. The lowest BCUT2D eigenvalue weighted by Gasteiger charge is -2.29. The fourth-order valence-corrected chi connectivity index (χ4v) is 0.687.